The molecule has 0 fully saturated rings. The molecule has 0 atom stereocenters. The van der Waals surface area contributed by atoms with Crippen molar-refractivity contribution in [1.29, 1.82) is 0 Å². The fourth-order valence-corrected chi connectivity index (χ4v) is 6.27. The second-order valence-electron chi connectivity index (χ2n) is 8.61. The zero-order chi connectivity index (χ0) is 29.3. The molecular formula is C30H30O9S2. The fourth-order valence-electron chi connectivity index (χ4n) is 3.75. The van der Waals surface area contributed by atoms with E-state index in [1.54, 1.807) is 48.5 Å². The summed E-state index contributed by atoms with van der Waals surface area (Å²) in [6.07, 6.45) is 0. The second kappa shape index (κ2) is 13.5. The normalized spacial score (nSPS) is 11.6. The van der Waals surface area contributed by atoms with E-state index in [0.717, 1.165) is 0 Å². The van der Waals surface area contributed by atoms with Gasteiger partial charge in [-0.1, -0.05) is 0 Å². The summed E-state index contributed by atoms with van der Waals surface area (Å²) >= 11 is 0. The molecule has 4 aromatic rings. The summed E-state index contributed by atoms with van der Waals surface area (Å²) in [5, 5.41) is 0. The third kappa shape index (κ3) is 7.57. The first-order valence-corrected chi connectivity index (χ1v) is 15.5. The molecule has 0 aliphatic rings. The largest absolute Gasteiger partial charge is 0.497 e. The number of benzene rings is 4. The summed E-state index contributed by atoms with van der Waals surface area (Å²) < 4.78 is 78.1. The van der Waals surface area contributed by atoms with Crippen LogP contribution in [0.4, 0.5) is 0 Å². The maximum Gasteiger partial charge on any atom is 0.206 e. The number of hydrogen-bond donors (Lipinski definition) is 0. The van der Waals surface area contributed by atoms with Crippen LogP contribution in [0.3, 0.4) is 0 Å². The molecule has 0 spiro atoms. The first-order chi connectivity index (χ1) is 19.7. The molecule has 0 unspecified atom stereocenters. The van der Waals surface area contributed by atoms with E-state index in [-0.39, 0.29) is 32.8 Å². The van der Waals surface area contributed by atoms with Gasteiger partial charge < -0.3 is 23.7 Å². The highest BCUT2D eigenvalue weighted by molar-refractivity contribution is 7.91. The molecule has 0 amide bonds. The monoisotopic (exact) mass is 598 g/mol. The van der Waals surface area contributed by atoms with E-state index >= 15 is 0 Å². The first-order valence-electron chi connectivity index (χ1n) is 12.6. The molecule has 41 heavy (non-hydrogen) atoms. The minimum absolute atomic E-state index is 0.162. The zero-order valence-electron chi connectivity index (χ0n) is 22.6. The van der Waals surface area contributed by atoms with Crippen LogP contribution in [0.15, 0.2) is 117 Å². The Morgan fingerprint density at radius 3 is 0.951 bits per heavy atom. The van der Waals surface area contributed by atoms with E-state index in [2.05, 4.69) is 0 Å². The molecule has 0 heterocycles. The molecule has 216 valence electrons. The predicted molar refractivity (Wildman–Crippen MR) is 152 cm³/mol. The maximum absolute atomic E-state index is 12.8. The quantitative estimate of drug-likeness (QED) is 0.188. The lowest BCUT2D eigenvalue weighted by atomic mass is 10.3. The molecular weight excluding hydrogens is 568 g/mol. The van der Waals surface area contributed by atoms with Crippen molar-refractivity contribution in [3.05, 3.63) is 97.1 Å². The molecule has 0 saturated carbocycles. The average molecular weight is 599 g/mol. The summed E-state index contributed by atoms with van der Waals surface area (Å²) in [7, 11) is -4.26. The van der Waals surface area contributed by atoms with Gasteiger partial charge in [0, 0.05) is 0 Å². The van der Waals surface area contributed by atoms with Crippen molar-refractivity contribution < 1.29 is 40.5 Å². The van der Waals surface area contributed by atoms with Crippen LogP contribution in [0.5, 0.6) is 23.0 Å². The number of sulfone groups is 2. The molecule has 11 heteroatoms. The van der Waals surface area contributed by atoms with Gasteiger partial charge in [-0.2, -0.15) is 0 Å². The highest BCUT2D eigenvalue weighted by atomic mass is 32.2. The highest BCUT2D eigenvalue weighted by Crippen LogP contribution is 2.26. The lowest BCUT2D eigenvalue weighted by molar-refractivity contribution is 0.0764. The highest BCUT2D eigenvalue weighted by Gasteiger charge is 2.18. The standard InChI is InChI=1S/C30H30O9S2/c1-35-23-3-11-27(12-4-23)40(31,32)29-15-7-25(8-16-29)38-21-19-37-20-22-39-26-9-17-30(18-10-26)41(33,34)28-13-5-24(36-2)6-14-28/h3-18H,19-22H2,1-2H3. The van der Waals surface area contributed by atoms with Gasteiger partial charge in [0.05, 0.1) is 47.0 Å². The smallest absolute Gasteiger partial charge is 0.206 e. The Labute approximate surface area is 240 Å². The maximum atomic E-state index is 12.8. The molecule has 0 aliphatic heterocycles. The van der Waals surface area contributed by atoms with Gasteiger partial charge in [-0.25, -0.2) is 16.8 Å². The molecule has 0 radical (unpaired) electrons. The Morgan fingerprint density at radius 2 is 0.683 bits per heavy atom. The van der Waals surface area contributed by atoms with Gasteiger partial charge in [-0.05, 0) is 97.1 Å². The average Bonchev–Trinajstić information content (AvgIpc) is 3.01. The second-order valence-corrected chi connectivity index (χ2v) is 12.5. The third-order valence-electron chi connectivity index (χ3n) is 6.00. The van der Waals surface area contributed by atoms with Crippen LogP contribution in [0.2, 0.25) is 0 Å². The molecule has 0 N–H and O–H groups in total. The van der Waals surface area contributed by atoms with Crippen LogP contribution in [0, 0.1) is 0 Å². The summed E-state index contributed by atoms with van der Waals surface area (Å²) in [4.78, 5) is 0.679. The Balaban J connectivity index is 1.17. The molecule has 0 bridgehead atoms. The van der Waals surface area contributed by atoms with Crippen molar-refractivity contribution in [1.82, 2.24) is 0 Å². The van der Waals surface area contributed by atoms with E-state index in [4.69, 9.17) is 23.7 Å². The van der Waals surface area contributed by atoms with Crippen molar-refractivity contribution in [2.75, 3.05) is 40.6 Å². The molecule has 9 nitrogen and oxygen atoms in total. The number of hydrogen-bond acceptors (Lipinski definition) is 9. The third-order valence-corrected chi connectivity index (χ3v) is 9.57. The Kier molecular flexibility index (Phi) is 9.87. The summed E-state index contributed by atoms with van der Waals surface area (Å²) in [6.45, 7) is 1.13. The van der Waals surface area contributed by atoms with Gasteiger partial charge in [0.15, 0.2) is 0 Å². The van der Waals surface area contributed by atoms with Crippen LogP contribution >= 0.6 is 0 Å². The summed E-state index contributed by atoms with van der Waals surface area (Å²) in [5.41, 5.74) is 0. The van der Waals surface area contributed by atoms with Crippen molar-refractivity contribution >= 4 is 19.7 Å². The molecule has 0 aromatic heterocycles. The van der Waals surface area contributed by atoms with E-state index in [0.29, 0.717) is 36.2 Å². The van der Waals surface area contributed by atoms with Crippen LogP contribution in [0.25, 0.3) is 0 Å². The molecule has 0 saturated heterocycles. The van der Waals surface area contributed by atoms with Gasteiger partial charge in [-0.3, -0.25) is 0 Å². The van der Waals surface area contributed by atoms with Crippen LogP contribution < -0.4 is 18.9 Å². The molecule has 4 aromatic carbocycles. The van der Waals surface area contributed by atoms with E-state index in [1.807, 2.05) is 0 Å². The van der Waals surface area contributed by atoms with Crippen LogP contribution in [-0.2, 0) is 24.4 Å². The van der Waals surface area contributed by atoms with Crippen molar-refractivity contribution in [3.63, 3.8) is 0 Å². The van der Waals surface area contributed by atoms with Crippen LogP contribution in [0.1, 0.15) is 0 Å². The lowest BCUT2D eigenvalue weighted by Gasteiger charge is -2.10. The van der Waals surface area contributed by atoms with Crippen molar-refractivity contribution in [2.24, 2.45) is 0 Å². The Bertz CT molecular complexity index is 1490. The topological polar surface area (TPSA) is 114 Å². The van der Waals surface area contributed by atoms with Crippen molar-refractivity contribution in [3.8, 4) is 23.0 Å². The SMILES string of the molecule is COc1ccc(S(=O)(=O)c2ccc(OCCOCCOc3ccc(S(=O)(=O)c4ccc(OC)cc4)cc3)cc2)cc1. The molecule has 0 aliphatic carbocycles. The fraction of sp³-hybridized carbons (Fsp3) is 0.200. The van der Waals surface area contributed by atoms with Gasteiger partial charge in [0.1, 0.15) is 36.2 Å². The van der Waals surface area contributed by atoms with Crippen LogP contribution in [-0.4, -0.2) is 57.5 Å². The van der Waals surface area contributed by atoms with E-state index in [1.165, 1.54) is 62.8 Å². The Morgan fingerprint density at radius 1 is 0.415 bits per heavy atom. The number of rotatable bonds is 14. The van der Waals surface area contributed by atoms with Gasteiger partial charge >= 0.3 is 0 Å². The van der Waals surface area contributed by atoms with Gasteiger partial charge in [0.25, 0.3) is 0 Å². The minimum Gasteiger partial charge on any atom is -0.497 e. The minimum atomic E-state index is -3.65. The first kappa shape index (κ1) is 29.9. The van der Waals surface area contributed by atoms with Crippen molar-refractivity contribution in [2.45, 2.75) is 19.6 Å². The summed E-state index contributed by atoms with van der Waals surface area (Å²) in [5.74, 6) is 2.19. The number of methoxy groups -OCH3 is 2. The summed E-state index contributed by atoms with van der Waals surface area (Å²) in [6, 6.07) is 24.8. The van der Waals surface area contributed by atoms with Gasteiger partial charge in [-0.15, -0.1) is 0 Å². The Hall–Kier alpha value is -4.06. The van der Waals surface area contributed by atoms with Gasteiger partial charge in [0.2, 0.25) is 19.7 Å². The predicted octanol–water partition coefficient (Wildman–Crippen LogP) is 4.84. The van der Waals surface area contributed by atoms with E-state index < -0.39 is 19.7 Å². The van der Waals surface area contributed by atoms with E-state index in [9.17, 15) is 16.8 Å². The number of ether oxygens (including phenoxy) is 5. The lowest BCUT2D eigenvalue weighted by Crippen LogP contribution is -2.12. The zero-order valence-corrected chi connectivity index (χ0v) is 24.2. The molecule has 4 rings (SSSR count).